The minimum absolute atomic E-state index is 0.163. The van der Waals surface area contributed by atoms with Gasteiger partial charge in [0, 0.05) is 23.7 Å². The molecule has 2 heterocycles. The highest BCUT2D eigenvalue weighted by molar-refractivity contribution is 7.89. The minimum Gasteiger partial charge on any atom is -0.303 e. The Kier molecular flexibility index (Phi) is 7.22. The molecular weight excluding hydrogens is 513 g/mol. The third-order valence-corrected chi connectivity index (χ3v) is 9.09. The first-order valence-electron chi connectivity index (χ1n) is 10.7. The number of hydrogen-bond donors (Lipinski definition) is 0. The second-order valence-electron chi connectivity index (χ2n) is 8.62. The van der Waals surface area contributed by atoms with Crippen molar-refractivity contribution in [3.05, 3.63) is 56.8 Å². The quantitative estimate of drug-likeness (QED) is 0.438. The molecule has 4 rings (SSSR count). The van der Waals surface area contributed by atoms with E-state index in [9.17, 15) is 13.2 Å². The number of carbonyl (C=O) groups is 1. The van der Waals surface area contributed by atoms with Crippen molar-refractivity contribution in [2.24, 2.45) is 16.8 Å². The molecule has 1 saturated heterocycles. The molecule has 34 heavy (non-hydrogen) atoms. The lowest BCUT2D eigenvalue weighted by Gasteiger charge is -2.34. The van der Waals surface area contributed by atoms with Crippen molar-refractivity contribution >= 4 is 60.7 Å². The van der Waals surface area contributed by atoms with Crippen LogP contribution in [0.2, 0.25) is 10.0 Å². The van der Waals surface area contributed by atoms with E-state index in [0.717, 1.165) is 11.1 Å². The summed E-state index contributed by atoms with van der Waals surface area (Å²) in [5.74, 6) is 2.65. The molecule has 10 heteroatoms. The van der Waals surface area contributed by atoms with Crippen LogP contribution >= 0.6 is 34.5 Å². The van der Waals surface area contributed by atoms with Gasteiger partial charge < -0.3 is 4.57 Å². The van der Waals surface area contributed by atoms with E-state index in [4.69, 9.17) is 29.6 Å². The van der Waals surface area contributed by atoms with Crippen molar-refractivity contribution < 1.29 is 13.2 Å². The number of amides is 1. The Morgan fingerprint density at radius 2 is 1.82 bits per heavy atom. The molecule has 1 aromatic heterocycles. The van der Waals surface area contributed by atoms with Crippen LogP contribution in [0.4, 0.5) is 0 Å². The summed E-state index contributed by atoms with van der Waals surface area (Å²) in [6.45, 7) is 5.29. The molecule has 2 unspecified atom stereocenters. The van der Waals surface area contributed by atoms with Crippen LogP contribution in [0.5, 0.6) is 0 Å². The summed E-state index contributed by atoms with van der Waals surface area (Å²) in [5.41, 5.74) is 0.931. The lowest BCUT2D eigenvalue weighted by atomic mass is 9.94. The molecule has 0 N–H and O–H groups in total. The van der Waals surface area contributed by atoms with Gasteiger partial charge in [-0.3, -0.25) is 4.79 Å². The summed E-state index contributed by atoms with van der Waals surface area (Å²) in [5, 5.41) is 0.887. The van der Waals surface area contributed by atoms with Crippen molar-refractivity contribution in [1.82, 2.24) is 8.87 Å². The van der Waals surface area contributed by atoms with Gasteiger partial charge in [-0.1, -0.05) is 54.3 Å². The summed E-state index contributed by atoms with van der Waals surface area (Å²) in [6, 6.07) is 9.24. The third kappa shape index (κ3) is 4.95. The van der Waals surface area contributed by atoms with Crippen LogP contribution in [0, 0.1) is 24.2 Å². The summed E-state index contributed by atoms with van der Waals surface area (Å²) in [6.07, 6.45) is 6.52. The smallest absolute Gasteiger partial charge is 0.279 e. The van der Waals surface area contributed by atoms with E-state index in [2.05, 4.69) is 24.8 Å². The monoisotopic (exact) mass is 535 g/mol. The Balaban J connectivity index is 1.66. The summed E-state index contributed by atoms with van der Waals surface area (Å²) >= 11 is 13.7. The van der Waals surface area contributed by atoms with Gasteiger partial charge in [-0.05, 0) is 54.7 Å². The van der Waals surface area contributed by atoms with Gasteiger partial charge in [0.1, 0.15) is 0 Å². The molecule has 1 fully saturated rings. The van der Waals surface area contributed by atoms with Crippen LogP contribution in [0.1, 0.15) is 30.6 Å². The van der Waals surface area contributed by atoms with Crippen molar-refractivity contribution in [1.29, 1.82) is 0 Å². The molecule has 178 valence electrons. The molecular formula is C24H23Cl2N3O3S2. The number of piperidine rings is 1. The number of rotatable bonds is 4. The number of aromatic nitrogens is 1. The van der Waals surface area contributed by atoms with E-state index in [1.807, 2.05) is 0 Å². The fourth-order valence-corrected chi connectivity index (χ4v) is 7.81. The maximum absolute atomic E-state index is 13.1. The van der Waals surface area contributed by atoms with Crippen molar-refractivity contribution in [3.63, 3.8) is 0 Å². The molecule has 1 aliphatic rings. The van der Waals surface area contributed by atoms with Crippen LogP contribution in [0.25, 0.3) is 10.2 Å². The van der Waals surface area contributed by atoms with Gasteiger partial charge >= 0.3 is 0 Å². The lowest BCUT2D eigenvalue weighted by Crippen LogP contribution is -2.42. The Bertz CT molecular complexity index is 1460. The Hall–Kier alpha value is -2.15. The number of thiazole rings is 1. The maximum atomic E-state index is 13.1. The molecule has 0 radical (unpaired) electrons. The first kappa shape index (κ1) is 25.0. The number of benzene rings is 2. The molecule has 1 aliphatic heterocycles. The van der Waals surface area contributed by atoms with Crippen LogP contribution in [0.15, 0.2) is 46.3 Å². The van der Waals surface area contributed by atoms with E-state index >= 15 is 0 Å². The van der Waals surface area contributed by atoms with E-state index in [0.29, 0.717) is 45.3 Å². The Labute approximate surface area is 212 Å². The zero-order valence-corrected chi connectivity index (χ0v) is 21.8. The predicted octanol–water partition coefficient (Wildman–Crippen LogP) is 5.05. The third-order valence-electron chi connectivity index (χ3n) is 5.72. The highest BCUT2D eigenvalue weighted by Crippen LogP contribution is 2.30. The number of nitrogens with zero attached hydrogens (tertiary/aromatic N) is 3. The standard InChI is InChI=1S/C24H23Cl2N3O3S2/c1-4-9-29-22-20(26)11-18(25)12-21(22)33-24(29)27-23(30)17-5-7-19(8-6-17)34(31,32)28-13-15(2)10-16(3)14-28/h1,5-8,11-12,15-16H,9-10,13-14H2,2-3H3. The lowest BCUT2D eigenvalue weighted by molar-refractivity contribution is 0.0998. The SMILES string of the molecule is C#CCn1c(=NC(=O)c2ccc(S(=O)(=O)N3CC(C)CC(C)C3)cc2)sc2cc(Cl)cc(Cl)c21. The van der Waals surface area contributed by atoms with E-state index in [-0.39, 0.29) is 17.0 Å². The largest absolute Gasteiger partial charge is 0.303 e. The molecule has 0 spiro atoms. The van der Waals surface area contributed by atoms with Gasteiger partial charge in [-0.2, -0.15) is 9.30 Å². The van der Waals surface area contributed by atoms with Gasteiger partial charge in [0.25, 0.3) is 5.91 Å². The molecule has 0 saturated carbocycles. The molecule has 0 bridgehead atoms. The second kappa shape index (κ2) is 9.84. The van der Waals surface area contributed by atoms with Crippen LogP contribution in [0.3, 0.4) is 0 Å². The van der Waals surface area contributed by atoms with Crippen molar-refractivity contribution in [2.75, 3.05) is 13.1 Å². The highest BCUT2D eigenvalue weighted by atomic mass is 35.5. The highest BCUT2D eigenvalue weighted by Gasteiger charge is 2.31. The Morgan fingerprint density at radius 1 is 1.18 bits per heavy atom. The summed E-state index contributed by atoms with van der Waals surface area (Å²) in [7, 11) is -3.63. The fraction of sp³-hybridized carbons (Fsp3) is 0.333. The van der Waals surface area contributed by atoms with Gasteiger partial charge in [0.05, 0.1) is 26.7 Å². The normalized spacial score (nSPS) is 19.9. The van der Waals surface area contributed by atoms with Gasteiger partial charge in [-0.15, -0.1) is 6.42 Å². The zero-order chi connectivity index (χ0) is 24.6. The molecule has 2 aromatic carbocycles. The topological polar surface area (TPSA) is 71.7 Å². The maximum Gasteiger partial charge on any atom is 0.279 e. The molecule has 2 atom stereocenters. The average Bonchev–Trinajstić information content (AvgIpc) is 3.10. The Morgan fingerprint density at radius 3 is 2.44 bits per heavy atom. The molecule has 0 aliphatic carbocycles. The number of terminal acetylenes is 1. The van der Waals surface area contributed by atoms with Crippen LogP contribution in [-0.2, 0) is 16.6 Å². The predicted molar refractivity (Wildman–Crippen MR) is 137 cm³/mol. The van der Waals surface area contributed by atoms with Crippen molar-refractivity contribution in [2.45, 2.75) is 31.7 Å². The second-order valence-corrected chi connectivity index (χ2v) is 12.4. The first-order valence-corrected chi connectivity index (χ1v) is 13.7. The number of halogens is 2. The minimum atomic E-state index is -3.63. The molecule has 3 aromatic rings. The van der Waals surface area contributed by atoms with Gasteiger partial charge in [0.15, 0.2) is 4.80 Å². The molecule has 1 amide bonds. The van der Waals surface area contributed by atoms with E-state index in [1.165, 1.54) is 39.9 Å². The average molecular weight is 537 g/mol. The molecule has 6 nitrogen and oxygen atoms in total. The summed E-state index contributed by atoms with van der Waals surface area (Å²) < 4.78 is 30.2. The van der Waals surface area contributed by atoms with Crippen LogP contribution in [-0.4, -0.2) is 36.3 Å². The van der Waals surface area contributed by atoms with Crippen LogP contribution < -0.4 is 4.80 Å². The number of sulfonamides is 1. The number of carbonyl (C=O) groups excluding carboxylic acids is 1. The number of hydrogen-bond acceptors (Lipinski definition) is 4. The van der Waals surface area contributed by atoms with E-state index < -0.39 is 15.9 Å². The van der Waals surface area contributed by atoms with E-state index in [1.54, 1.807) is 16.7 Å². The van der Waals surface area contributed by atoms with Crippen molar-refractivity contribution in [3.8, 4) is 12.3 Å². The fourth-order valence-electron chi connectivity index (χ4n) is 4.32. The number of fused-ring (bicyclic) bond motifs is 1. The first-order chi connectivity index (χ1) is 16.1. The summed E-state index contributed by atoms with van der Waals surface area (Å²) in [4.78, 5) is 17.7. The zero-order valence-electron chi connectivity index (χ0n) is 18.7. The van der Waals surface area contributed by atoms with Gasteiger partial charge in [0.2, 0.25) is 10.0 Å². The van der Waals surface area contributed by atoms with Gasteiger partial charge in [-0.25, -0.2) is 8.42 Å².